The second kappa shape index (κ2) is 10.7. The monoisotopic (exact) mass is 413 g/mol. The molecule has 8 heteroatoms. The van der Waals surface area contributed by atoms with E-state index in [9.17, 15) is 14.4 Å². The standard InChI is InChI=1S/C22H23NO7/c1-5-30-18-10-6-14(12-19(18)27-2)7-11-20(24)23-17-13-15(21(25)28-3)8-9-16(17)22(26)29-4/h6-13H,5H2,1-4H3,(H,23,24)/b11-7+. The Labute approximate surface area is 174 Å². The fourth-order valence-corrected chi connectivity index (χ4v) is 2.59. The first-order valence-corrected chi connectivity index (χ1v) is 9.04. The van der Waals surface area contributed by atoms with Gasteiger partial charge in [0.25, 0.3) is 0 Å². The van der Waals surface area contributed by atoms with E-state index in [0.717, 1.165) is 0 Å². The predicted octanol–water partition coefficient (Wildman–Crippen LogP) is 3.32. The van der Waals surface area contributed by atoms with Crippen LogP contribution in [0.15, 0.2) is 42.5 Å². The Bertz CT molecular complexity index is 966. The second-order valence-electron chi connectivity index (χ2n) is 5.91. The van der Waals surface area contributed by atoms with Crippen LogP contribution < -0.4 is 14.8 Å². The molecule has 0 bridgehead atoms. The molecule has 0 aliphatic heterocycles. The molecule has 0 radical (unpaired) electrons. The Kier molecular flexibility index (Phi) is 7.99. The van der Waals surface area contributed by atoms with E-state index in [2.05, 4.69) is 10.1 Å². The van der Waals surface area contributed by atoms with E-state index in [0.29, 0.717) is 23.7 Å². The maximum atomic E-state index is 12.4. The molecule has 0 atom stereocenters. The molecule has 2 aromatic carbocycles. The van der Waals surface area contributed by atoms with Crippen LogP contribution in [-0.2, 0) is 14.3 Å². The maximum absolute atomic E-state index is 12.4. The Morgan fingerprint density at radius 1 is 0.933 bits per heavy atom. The summed E-state index contributed by atoms with van der Waals surface area (Å²) in [5, 5.41) is 2.59. The lowest BCUT2D eigenvalue weighted by Crippen LogP contribution is -2.14. The van der Waals surface area contributed by atoms with Crippen molar-refractivity contribution in [2.24, 2.45) is 0 Å². The van der Waals surface area contributed by atoms with Crippen molar-refractivity contribution >= 4 is 29.6 Å². The molecule has 2 aromatic rings. The molecule has 0 saturated carbocycles. The summed E-state index contributed by atoms with van der Waals surface area (Å²) in [6.45, 7) is 2.37. The van der Waals surface area contributed by atoms with Crippen LogP contribution in [0.4, 0.5) is 5.69 Å². The van der Waals surface area contributed by atoms with Gasteiger partial charge in [0, 0.05) is 6.08 Å². The molecule has 0 spiro atoms. The molecule has 0 saturated heterocycles. The molecule has 1 N–H and O–H groups in total. The molecule has 1 amide bonds. The fourth-order valence-electron chi connectivity index (χ4n) is 2.59. The zero-order valence-corrected chi connectivity index (χ0v) is 17.2. The van der Waals surface area contributed by atoms with Gasteiger partial charge in [-0.3, -0.25) is 4.79 Å². The van der Waals surface area contributed by atoms with Gasteiger partial charge in [-0.15, -0.1) is 0 Å². The molecule has 0 aliphatic rings. The summed E-state index contributed by atoms with van der Waals surface area (Å²) in [5.41, 5.74) is 1.13. The summed E-state index contributed by atoms with van der Waals surface area (Å²) >= 11 is 0. The van der Waals surface area contributed by atoms with Crippen molar-refractivity contribution in [3.63, 3.8) is 0 Å². The number of nitrogens with one attached hydrogen (secondary N) is 1. The summed E-state index contributed by atoms with van der Waals surface area (Å²) in [6, 6.07) is 9.39. The van der Waals surface area contributed by atoms with E-state index in [1.54, 1.807) is 24.3 Å². The number of methoxy groups -OCH3 is 3. The van der Waals surface area contributed by atoms with E-state index >= 15 is 0 Å². The van der Waals surface area contributed by atoms with Gasteiger partial charge in [-0.25, -0.2) is 9.59 Å². The Morgan fingerprint density at radius 3 is 2.30 bits per heavy atom. The van der Waals surface area contributed by atoms with Gasteiger partial charge in [-0.2, -0.15) is 0 Å². The first-order chi connectivity index (χ1) is 14.4. The Hall–Kier alpha value is -3.81. The molecular weight excluding hydrogens is 390 g/mol. The van der Waals surface area contributed by atoms with E-state index in [1.807, 2.05) is 6.92 Å². The van der Waals surface area contributed by atoms with Crippen LogP contribution in [0.1, 0.15) is 33.2 Å². The van der Waals surface area contributed by atoms with Crippen LogP contribution in [0.2, 0.25) is 0 Å². The number of carbonyl (C=O) groups is 3. The average molecular weight is 413 g/mol. The van der Waals surface area contributed by atoms with Gasteiger partial charge in [0.1, 0.15) is 0 Å². The van der Waals surface area contributed by atoms with Gasteiger partial charge < -0.3 is 24.3 Å². The fraction of sp³-hybridized carbons (Fsp3) is 0.227. The van der Waals surface area contributed by atoms with Crippen molar-refractivity contribution in [2.75, 3.05) is 33.3 Å². The molecule has 0 heterocycles. The summed E-state index contributed by atoms with van der Waals surface area (Å²) in [5.74, 6) is -0.613. The van der Waals surface area contributed by atoms with Crippen LogP contribution in [0, 0.1) is 0 Å². The first-order valence-electron chi connectivity index (χ1n) is 9.04. The third-order valence-electron chi connectivity index (χ3n) is 4.02. The molecule has 0 aromatic heterocycles. The van der Waals surface area contributed by atoms with Crippen molar-refractivity contribution in [3.8, 4) is 11.5 Å². The van der Waals surface area contributed by atoms with Gasteiger partial charge >= 0.3 is 11.9 Å². The van der Waals surface area contributed by atoms with E-state index < -0.39 is 17.8 Å². The molecular formula is C22H23NO7. The largest absolute Gasteiger partial charge is 0.493 e. The molecule has 8 nitrogen and oxygen atoms in total. The Balaban J connectivity index is 2.24. The molecule has 158 valence electrons. The number of esters is 2. The van der Waals surface area contributed by atoms with Crippen molar-refractivity contribution in [1.29, 1.82) is 0 Å². The van der Waals surface area contributed by atoms with E-state index in [4.69, 9.17) is 14.2 Å². The molecule has 2 rings (SSSR count). The van der Waals surface area contributed by atoms with Crippen LogP contribution in [-0.4, -0.2) is 45.8 Å². The minimum absolute atomic E-state index is 0.106. The quantitative estimate of drug-likeness (QED) is 0.523. The van der Waals surface area contributed by atoms with E-state index in [1.165, 1.54) is 45.6 Å². The first kappa shape index (κ1) is 22.5. The molecule has 30 heavy (non-hydrogen) atoms. The predicted molar refractivity (Wildman–Crippen MR) is 111 cm³/mol. The van der Waals surface area contributed by atoms with Gasteiger partial charge in [0.05, 0.1) is 44.8 Å². The van der Waals surface area contributed by atoms with Gasteiger partial charge in [0.15, 0.2) is 11.5 Å². The summed E-state index contributed by atoms with van der Waals surface area (Å²) in [6.07, 6.45) is 2.87. The maximum Gasteiger partial charge on any atom is 0.339 e. The molecule has 0 fully saturated rings. The number of anilines is 1. The average Bonchev–Trinajstić information content (AvgIpc) is 2.77. The zero-order valence-electron chi connectivity index (χ0n) is 17.2. The Morgan fingerprint density at radius 2 is 1.67 bits per heavy atom. The third-order valence-corrected chi connectivity index (χ3v) is 4.02. The van der Waals surface area contributed by atoms with Gasteiger partial charge in [0.2, 0.25) is 5.91 Å². The third kappa shape index (κ3) is 5.60. The normalized spacial score (nSPS) is 10.4. The highest BCUT2D eigenvalue weighted by Crippen LogP contribution is 2.28. The van der Waals surface area contributed by atoms with Crippen molar-refractivity contribution in [2.45, 2.75) is 6.92 Å². The minimum Gasteiger partial charge on any atom is -0.493 e. The number of benzene rings is 2. The lowest BCUT2D eigenvalue weighted by molar-refractivity contribution is -0.111. The highest BCUT2D eigenvalue weighted by atomic mass is 16.5. The van der Waals surface area contributed by atoms with Crippen LogP contribution >= 0.6 is 0 Å². The van der Waals surface area contributed by atoms with Crippen molar-refractivity contribution in [1.82, 2.24) is 0 Å². The summed E-state index contributed by atoms with van der Waals surface area (Å²) in [4.78, 5) is 36.1. The van der Waals surface area contributed by atoms with Crippen LogP contribution in [0.5, 0.6) is 11.5 Å². The second-order valence-corrected chi connectivity index (χ2v) is 5.91. The number of hydrogen-bond donors (Lipinski definition) is 1. The van der Waals surface area contributed by atoms with Crippen LogP contribution in [0.3, 0.4) is 0 Å². The number of rotatable bonds is 8. The highest BCUT2D eigenvalue weighted by molar-refractivity contribution is 6.07. The van der Waals surface area contributed by atoms with Gasteiger partial charge in [-0.1, -0.05) is 6.07 Å². The number of carbonyl (C=O) groups excluding carboxylic acids is 3. The zero-order chi connectivity index (χ0) is 22.1. The van der Waals surface area contributed by atoms with Crippen molar-refractivity contribution in [3.05, 3.63) is 59.2 Å². The smallest absolute Gasteiger partial charge is 0.339 e. The van der Waals surface area contributed by atoms with Gasteiger partial charge in [-0.05, 0) is 48.9 Å². The number of hydrogen-bond acceptors (Lipinski definition) is 7. The number of amides is 1. The summed E-state index contributed by atoms with van der Waals surface area (Å²) < 4.78 is 20.1. The van der Waals surface area contributed by atoms with Crippen molar-refractivity contribution < 1.29 is 33.3 Å². The molecule has 0 aliphatic carbocycles. The van der Waals surface area contributed by atoms with E-state index in [-0.39, 0.29) is 16.8 Å². The SMILES string of the molecule is CCOc1ccc(/C=C/C(=O)Nc2cc(C(=O)OC)ccc2C(=O)OC)cc1OC. The summed E-state index contributed by atoms with van der Waals surface area (Å²) in [7, 11) is 3.99. The lowest BCUT2D eigenvalue weighted by Gasteiger charge is -2.10. The highest BCUT2D eigenvalue weighted by Gasteiger charge is 2.16. The van der Waals surface area contributed by atoms with Crippen LogP contribution in [0.25, 0.3) is 6.08 Å². The lowest BCUT2D eigenvalue weighted by atomic mass is 10.1. The topological polar surface area (TPSA) is 100 Å². The minimum atomic E-state index is -0.651. The number of ether oxygens (including phenoxy) is 4. The molecule has 0 unspecified atom stereocenters.